The van der Waals surface area contributed by atoms with E-state index in [-0.39, 0.29) is 12.5 Å². The van der Waals surface area contributed by atoms with Crippen molar-refractivity contribution in [2.24, 2.45) is 0 Å². The lowest BCUT2D eigenvalue weighted by Gasteiger charge is -2.20. The minimum Gasteiger partial charge on any atom is -0.301 e. The van der Waals surface area contributed by atoms with Crippen LogP contribution < -0.4 is 0 Å². The Morgan fingerprint density at radius 2 is 2.19 bits per heavy atom. The van der Waals surface area contributed by atoms with Gasteiger partial charge >= 0.3 is 0 Å². The summed E-state index contributed by atoms with van der Waals surface area (Å²) in [6.45, 7) is 5.78. The molecule has 0 spiro atoms. The number of carbonyl (C=O) groups excluding carboxylic acids is 1. The molecule has 0 heterocycles. The molecular weight excluding hydrogens is 313 g/mol. The molecule has 0 radical (unpaired) electrons. The first kappa shape index (κ1) is 12.8. The van der Waals surface area contributed by atoms with Gasteiger partial charge < -0.3 is 4.90 Å². The number of halogens is 1. The van der Waals surface area contributed by atoms with Crippen molar-refractivity contribution in [2.45, 2.75) is 6.92 Å². The Hall–Kier alpha value is -1.28. The Kier molecular flexibility index (Phi) is 4.56. The van der Waals surface area contributed by atoms with Gasteiger partial charge in [0.1, 0.15) is 0 Å². The summed E-state index contributed by atoms with van der Waals surface area (Å²) in [5.74, 6) is 2.36. The third-order valence-corrected chi connectivity index (χ3v) is 3.00. The van der Waals surface area contributed by atoms with Gasteiger partial charge in [-0.25, -0.2) is 0 Å². The van der Waals surface area contributed by atoms with Crippen LogP contribution in [0, 0.1) is 15.9 Å². The molecule has 0 N–H and O–H groups in total. The monoisotopic (exact) mass is 325 g/mol. The Labute approximate surface area is 109 Å². The predicted octanol–water partition coefficient (Wildman–Crippen LogP) is 2.90. The maximum atomic E-state index is 12.2. The molecule has 3 heteroatoms. The van der Waals surface area contributed by atoms with Gasteiger partial charge in [0, 0.05) is 9.27 Å². The molecule has 0 aromatic heterocycles. The van der Waals surface area contributed by atoms with Gasteiger partial charge in [-0.05, 0) is 41.6 Å². The van der Waals surface area contributed by atoms with Crippen molar-refractivity contribution in [1.29, 1.82) is 0 Å². The van der Waals surface area contributed by atoms with Gasteiger partial charge in [-0.3, -0.25) is 4.79 Å². The summed E-state index contributed by atoms with van der Waals surface area (Å²) in [5.41, 5.74) is 1.31. The molecule has 0 aliphatic carbocycles. The van der Waals surface area contributed by atoms with Crippen LogP contribution in [0.5, 0.6) is 0 Å². The molecule has 0 saturated heterocycles. The van der Waals surface area contributed by atoms with Crippen LogP contribution in [0.1, 0.15) is 17.3 Å². The van der Waals surface area contributed by atoms with Gasteiger partial charge in [-0.1, -0.05) is 24.6 Å². The van der Waals surface area contributed by atoms with Gasteiger partial charge in [-0.2, -0.15) is 0 Å². The van der Waals surface area contributed by atoms with E-state index in [0.29, 0.717) is 11.3 Å². The average molecular weight is 325 g/mol. The van der Waals surface area contributed by atoms with Crippen LogP contribution in [-0.2, 0) is 0 Å². The van der Waals surface area contributed by atoms with Gasteiger partial charge in [0.25, 0.3) is 5.91 Å². The lowest BCUT2D eigenvalue weighted by atomic mass is 10.2. The van der Waals surface area contributed by atoms with Gasteiger partial charge in [0.2, 0.25) is 0 Å². The largest absolute Gasteiger partial charge is 0.301 e. The summed E-state index contributed by atoms with van der Waals surface area (Å²) in [4.78, 5) is 13.7. The maximum absolute atomic E-state index is 12.2. The number of rotatable bonds is 3. The number of hydrogen-bond acceptors (Lipinski definition) is 1. The van der Waals surface area contributed by atoms with Crippen LogP contribution in [0.15, 0.2) is 36.5 Å². The summed E-state index contributed by atoms with van der Waals surface area (Å²) in [5, 5.41) is 0. The topological polar surface area (TPSA) is 20.3 Å². The van der Waals surface area contributed by atoms with Crippen molar-refractivity contribution in [1.82, 2.24) is 4.90 Å². The first-order valence-electron chi connectivity index (χ1n) is 4.73. The normalized spacial score (nSPS) is 9.31. The van der Waals surface area contributed by atoms with Crippen LogP contribution in [0.3, 0.4) is 0 Å². The first-order chi connectivity index (χ1) is 7.57. The molecule has 0 saturated carbocycles. The van der Waals surface area contributed by atoms with Crippen molar-refractivity contribution in [3.63, 3.8) is 0 Å². The number of allylic oxidation sites excluding steroid dienone is 1. The van der Waals surface area contributed by atoms with E-state index in [1.165, 1.54) is 4.90 Å². The van der Waals surface area contributed by atoms with Crippen LogP contribution in [0.4, 0.5) is 0 Å². The van der Waals surface area contributed by atoms with Crippen LogP contribution in [-0.4, -0.2) is 17.4 Å². The molecule has 1 amide bonds. The molecule has 0 fully saturated rings. The van der Waals surface area contributed by atoms with E-state index < -0.39 is 0 Å². The van der Waals surface area contributed by atoms with E-state index in [2.05, 4.69) is 35.1 Å². The molecule has 1 aromatic carbocycles. The first-order valence-corrected chi connectivity index (χ1v) is 5.81. The summed E-state index contributed by atoms with van der Waals surface area (Å²) in [6.07, 6.45) is 5.23. The van der Waals surface area contributed by atoms with Crippen molar-refractivity contribution in [3.8, 4) is 12.3 Å². The highest BCUT2D eigenvalue weighted by Crippen LogP contribution is 2.15. The second-order valence-corrected chi connectivity index (χ2v) is 4.47. The fraction of sp³-hybridized carbons (Fsp3) is 0.154. The molecule has 0 aliphatic heterocycles. The van der Waals surface area contributed by atoms with E-state index in [1.54, 1.807) is 13.0 Å². The Balaban J connectivity index is 3.05. The third-order valence-electron chi connectivity index (χ3n) is 2.06. The summed E-state index contributed by atoms with van der Waals surface area (Å²) in [6, 6.07) is 7.41. The minimum atomic E-state index is -0.101. The van der Waals surface area contributed by atoms with Crippen molar-refractivity contribution in [2.75, 3.05) is 6.54 Å². The van der Waals surface area contributed by atoms with E-state index in [4.69, 9.17) is 6.42 Å². The quantitative estimate of drug-likeness (QED) is 0.618. The number of terminal acetylenes is 1. The molecule has 0 unspecified atom stereocenters. The molecule has 82 valence electrons. The summed E-state index contributed by atoms with van der Waals surface area (Å²) < 4.78 is 0.911. The van der Waals surface area contributed by atoms with Crippen molar-refractivity contribution >= 4 is 28.5 Å². The molecule has 1 aromatic rings. The highest BCUT2D eigenvalue weighted by atomic mass is 127. The van der Waals surface area contributed by atoms with Crippen LogP contribution >= 0.6 is 22.6 Å². The van der Waals surface area contributed by atoms with Gasteiger partial charge in [-0.15, -0.1) is 6.42 Å². The van der Waals surface area contributed by atoms with E-state index in [1.807, 2.05) is 18.2 Å². The molecule has 0 bridgehead atoms. The maximum Gasteiger partial charge on any atom is 0.259 e. The zero-order valence-electron chi connectivity index (χ0n) is 9.03. The van der Waals surface area contributed by atoms with Crippen molar-refractivity contribution < 1.29 is 4.79 Å². The highest BCUT2D eigenvalue weighted by molar-refractivity contribution is 14.1. The van der Waals surface area contributed by atoms with Crippen LogP contribution in [0.25, 0.3) is 0 Å². The van der Waals surface area contributed by atoms with Gasteiger partial charge in [0.15, 0.2) is 0 Å². The number of carbonyl (C=O) groups is 1. The fourth-order valence-corrected chi connectivity index (χ4v) is 1.87. The molecule has 0 atom stereocenters. The third kappa shape index (κ3) is 2.86. The zero-order chi connectivity index (χ0) is 12.1. The Morgan fingerprint density at radius 3 is 2.69 bits per heavy atom. The van der Waals surface area contributed by atoms with Crippen LogP contribution in [0.2, 0.25) is 0 Å². The number of benzene rings is 1. The lowest BCUT2D eigenvalue weighted by molar-refractivity contribution is 0.0822. The summed E-state index contributed by atoms with van der Waals surface area (Å²) >= 11 is 2.13. The fourth-order valence-electron chi connectivity index (χ4n) is 1.25. The Morgan fingerprint density at radius 1 is 1.56 bits per heavy atom. The van der Waals surface area contributed by atoms with E-state index >= 15 is 0 Å². The average Bonchev–Trinajstić information content (AvgIpc) is 2.25. The summed E-state index contributed by atoms with van der Waals surface area (Å²) in [7, 11) is 0. The molecular formula is C13H12INO. The smallest absolute Gasteiger partial charge is 0.259 e. The second kappa shape index (κ2) is 5.71. The highest BCUT2D eigenvalue weighted by Gasteiger charge is 2.17. The van der Waals surface area contributed by atoms with E-state index in [0.717, 1.165) is 3.57 Å². The molecule has 1 rings (SSSR count). The standard InChI is InChI=1S/C13H12INO/c1-4-9-15(10(2)3)13(16)11-7-5-6-8-12(11)14/h1,5-8H,2,9H2,3H3. The molecule has 16 heavy (non-hydrogen) atoms. The minimum absolute atomic E-state index is 0.101. The van der Waals surface area contributed by atoms with Crippen molar-refractivity contribution in [3.05, 3.63) is 45.7 Å². The number of nitrogens with zero attached hydrogens (tertiary/aromatic N) is 1. The second-order valence-electron chi connectivity index (χ2n) is 3.31. The van der Waals surface area contributed by atoms with E-state index in [9.17, 15) is 4.79 Å². The number of amides is 1. The molecule has 0 aliphatic rings. The molecule has 2 nitrogen and oxygen atoms in total. The zero-order valence-corrected chi connectivity index (χ0v) is 11.2. The number of hydrogen-bond donors (Lipinski definition) is 0. The van der Waals surface area contributed by atoms with Gasteiger partial charge in [0.05, 0.1) is 12.1 Å². The SMILES string of the molecule is C#CCN(C(=C)C)C(=O)c1ccccc1I. The predicted molar refractivity (Wildman–Crippen MR) is 73.8 cm³/mol. The Bertz CT molecular complexity index is 459. The lowest BCUT2D eigenvalue weighted by Crippen LogP contribution is -2.29.